The third kappa shape index (κ3) is 4.14. The molecule has 0 saturated carbocycles. The van der Waals surface area contributed by atoms with E-state index in [2.05, 4.69) is 62.2 Å². The van der Waals surface area contributed by atoms with Crippen LogP contribution < -0.4 is 5.32 Å². The number of nitrogens with zero attached hydrogens (tertiary/aromatic N) is 2. The van der Waals surface area contributed by atoms with Gasteiger partial charge in [-0.25, -0.2) is 0 Å². The van der Waals surface area contributed by atoms with Gasteiger partial charge in [-0.3, -0.25) is 0 Å². The van der Waals surface area contributed by atoms with Gasteiger partial charge in [-0.15, -0.1) is 0 Å². The first-order valence-corrected chi connectivity index (χ1v) is 7.53. The summed E-state index contributed by atoms with van der Waals surface area (Å²) in [5, 5.41) is 7.61. The van der Waals surface area contributed by atoms with Gasteiger partial charge >= 0.3 is 0 Å². The van der Waals surface area contributed by atoms with Gasteiger partial charge in [0, 0.05) is 18.0 Å². The molecule has 1 aromatic carbocycles. The van der Waals surface area contributed by atoms with Crippen molar-refractivity contribution in [1.82, 2.24) is 15.5 Å². The van der Waals surface area contributed by atoms with Crippen LogP contribution in [0.5, 0.6) is 0 Å². The molecule has 4 nitrogen and oxygen atoms in total. The van der Waals surface area contributed by atoms with E-state index >= 15 is 0 Å². The van der Waals surface area contributed by atoms with E-state index in [1.165, 1.54) is 5.56 Å². The molecule has 0 aliphatic heterocycles. The van der Waals surface area contributed by atoms with Crippen LogP contribution in [-0.2, 0) is 6.42 Å². The molecule has 0 aliphatic carbocycles. The van der Waals surface area contributed by atoms with Crippen molar-refractivity contribution in [2.45, 2.75) is 47.1 Å². The van der Waals surface area contributed by atoms with Crippen molar-refractivity contribution in [3.8, 4) is 11.4 Å². The smallest absolute Gasteiger partial charge is 0.228 e. The summed E-state index contributed by atoms with van der Waals surface area (Å²) in [4.78, 5) is 4.54. The molecule has 1 aromatic heterocycles. The van der Waals surface area contributed by atoms with Crippen LogP contribution >= 0.6 is 0 Å². The average molecular weight is 287 g/mol. The first kappa shape index (κ1) is 15.7. The van der Waals surface area contributed by atoms with Crippen LogP contribution in [0.2, 0.25) is 0 Å². The van der Waals surface area contributed by atoms with Crippen LogP contribution in [0.25, 0.3) is 11.4 Å². The molecule has 0 saturated heterocycles. The second kappa shape index (κ2) is 6.39. The molecule has 1 atom stereocenters. The van der Waals surface area contributed by atoms with Crippen LogP contribution in [0, 0.1) is 12.3 Å². The second-order valence-electron chi connectivity index (χ2n) is 6.56. The Bertz CT molecular complexity index is 584. The van der Waals surface area contributed by atoms with Gasteiger partial charge in [0.2, 0.25) is 11.7 Å². The molecular weight excluding hydrogens is 262 g/mol. The molecule has 0 radical (unpaired) electrons. The summed E-state index contributed by atoms with van der Waals surface area (Å²) in [5.41, 5.74) is 2.34. The lowest BCUT2D eigenvalue weighted by atomic mass is 9.84. The lowest BCUT2D eigenvalue weighted by Gasteiger charge is -2.30. The maximum atomic E-state index is 5.43. The van der Waals surface area contributed by atoms with Gasteiger partial charge in [0.1, 0.15) is 0 Å². The summed E-state index contributed by atoms with van der Waals surface area (Å²) in [6.45, 7) is 11.8. The van der Waals surface area contributed by atoms with Crippen molar-refractivity contribution in [1.29, 1.82) is 0 Å². The van der Waals surface area contributed by atoms with Crippen LogP contribution in [0.4, 0.5) is 0 Å². The van der Waals surface area contributed by atoms with E-state index in [4.69, 9.17) is 4.52 Å². The van der Waals surface area contributed by atoms with Crippen molar-refractivity contribution in [2.24, 2.45) is 5.41 Å². The van der Waals surface area contributed by atoms with Crippen LogP contribution in [0.15, 0.2) is 28.8 Å². The molecule has 2 rings (SSSR count). The molecule has 0 fully saturated rings. The third-order valence-electron chi connectivity index (χ3n) is 3.62. The molecule has 0 aliphatic rings. The number of benzene rings is 1. The fraction of sp³-hybridized carbons (Fsp3) is 0.529. The van der Waals surface area contributed by atoms with Crippen molar-refractivity contribution in [3.63, 3.8) is 0 Å². The van der Waals surface area contributed by atoms with Gasteiger partial charge in [-0.1, -0.05) is 56.6 Å². The number of nitrogens with one attached hydrogen (secondary N) is 1. The lowest BCUT2D eigenvalue weighted by Crippen LogP contribution is -2.41. The Morgan fingerprint density at radius 1 is 1.29 bits per heavy atom. The van der Waals surface area contributed by atoms with E-state index in [0.717, 1.165) is 18.5 Å². The number of hydrogen-bond acceptors (Lipinski definition) is 4. The summed E-state index contributed by atoms with van der Waals surface area (Å²) in [5.74, 6) is 1.35. The normalized spacial score (nSPS) is 13.4. The van der Waals surface area contributed by atoms with Gasteiger partial charge in [-0.05, 0) is 24.9 Å². The molecule has 2 aromatic rings. The average Bonchev–Trinajstić information content (AvgIpc) is 2.86. The van der Waals surface area contributed by atoms with Crippen LogP contribution in [0.3, 0.4) is 0 Å². The standard InChI is InChI=1S/C17H25N3O/c1-6-18-14(17(3,4)5)11-15-19-16(20-21-15)13-9-7-8-12(2)10-13/h7-10,14,18H,6,11H2,1-5H3. The summed E-state index contributed by atoms with van der Waals surface area (Å²) < 4.78 is 5.43. The molecule has 21 heavy (non-hydrogen) atoms. The Morgan fingerprint density at radius 3 is 2.67 bits per heavy atom. The number of hydrogen-bond donors (Lipinski definition) is 1. The summed E-state index contributed by atoms with van der Waals surface area (Å²) in [6, 6.07) is 8.46. The van der Waals surface area contributed by atoms with Crippen LogP contribution in [0.1, 0.15) is 39.1 Å². The van der Waals surface area contributed by atoms with Crippen molar-refractivity contribution in [2.75, 3.05) is 6.54 Å². The number of aromatic nitrogens is 2. The minimum Gasteiger partial charge on any atom is -0.339 e. The van der Waals surface area contributed by atoms with E-state index in [1.54, 1.807) is 0 Å². The summed E-state index contributed by atoms with van der Waals surface area (Å²) in [7, 11) is 0. The predicted octanol–water partition coefficient (Wildman–Crippen LogP) is 3.61. The van der Waals surface area contributed by atoms with E-state index < -0.39 is 0 Å². The minimum absolute atomic E-state index is 0.147. The fourth-order valence-corrected chi connectivity index (χ4v) is 2.34. The lowest BCUT2D eigenvalue weighted by molar-refractivity contribution is 0.247. The Balaban J connectivity index is 2.16. The van der Waals surface area contributed by atoms with Crippen molar-refractivity contribution in [3.05, 3.63) is 35.7 Å². The van der Waals surface area contributed by atoms with Gasteiger partial charge in [-0.2, -0.15) is 4.98 Å². The molecule has 0 spiro atoms. The molecular formula is C17H25N3O. The monoisotopic (exact) mass is 287 g/mol. The van der Waals surface area contributed by atoms with E-state index in [1.807, 2.05) is 12.1 Å². The molecule has 4 heteroatoms. The topological polar surface area (TPSA) is 51.0 Å². The van der Waals surface area contributed by atoms with Crippen molar-refractivity contribution < 1.29 is 4.52 Å². The van der Waals surface area contributed by atoms with Gasteiger partial charge < -0.3 is 9.84 Å². The Morgan fingerprint density at radius 2 is 2.05 bits per heavy atom. The van der Waals surface area contributed by atoms with Crippen molar-refractivity contribution >= 4 is 0 Å². The summed E-state index contributed by atoms with van der Waals surface area (Å²) in [6.07, 6.45) is 0.746. The largest absolute Gasteiger partial charge is 0.339 e. The predicted molar refractivity (Wildman–Crippen MR) is 85.1 cm³/mol. The second-order valence-corrected chi connectivity index (χ2v) is 6.56. The minimum atomic E-state index is 0.147. The van der Waals surface area contributed by atoms with E-state index in [-0.39, 0.29) is 5.41 Å². The first-order chi connectivity index (χ1) is 9.90. The molecule has 1 N–H and O–H groups in total. The highest BCUT2D eigenvalue weighted by Crippen LogP contribution is 2.23. The summed E-state index contributed by atoms with van der Waals surface area (Å²) >= 11 is 0. The zero-order chi connectivity index (χ0) is 15.5. The Kier molecular flexibility index (Phi) is 4.78. The first-order valence-electron chi connectivity index (χ1n) is 7.53. The number of rotatable bonds is 5. The molecule has 114 valence electrons. The highest BCUT2D eigenvalue weighted by Gasteiger charge is 2.26. The molecule has 1 heterocycles. The Labute approximate surface area is 127 Å². The fourth-order valence-electron chi connectivity index (χ4n) is 2.34. The van der Waals surface area contributed by atoms with E-state index in [9.17, 15) is 0 Å². The third-order valence-corrected chi connectivity index (χ3v) is 3.62. The zero-order valence-electron chi connectivity index (χ0n) is 13.6. The molecule has 0 amide bonds. The quantitative estimate of drug-likeness (QED) is 0.912. The maximum absolute atomic E-state index is 5.43. The van der Waals surface area contributed by atoms with Gasteiger partial charge in [0.05, 0.1) is 0 Å². The van der Waals surface area contributed by atoms with E-state index in [0.29, 0.717) is 17.8 Å². The number of likely N-dealkylation sites (N-methyl/N-ethyl adjacent to an activating group) is 1. The SMILES string of the molecule is CCNC(Cc1nc(-c2cccc(C)c2)no1)C(C)(C)C. The highest BCUT2D eigenvalue weighted by molar-refractivity contribution is 5.55. The van der Waals surface area contributed by atoms with Gasteiger partial charge in [0.15, 0.2) is 0 Å². The molecule has 1 unspecified atom stereocenters. The van der Waals surface area contributed by atoms with Gasteiger partial charge in [0.25, 0.3) is 0 Å². The zero-order valence-corrected chi connectivity index (χ0v) is 13.6. The molecule has 0 bridgehead atoms. The highest BCUT2D eigenvalue weighted by atomic mass is 16.5. The number of aryl methyl sites for hydroxylation is 1. The Hall–Kier alpha value is -1.68. The maximum Gasteiger partial charge on any atom is 0.228 e. The van der Waals surface area contributed by atoms with Crippen LogP contribution in [-0.4, -0.2) is 22.7 Å².